The van der Waals surface area contributed by atoms with E-state index < -0.39 is 83.6 Å². The van der Waals surface area contributed by atoms with E-state index in [1.165, 1.54) is 0 Å². The van der Waals surface area contributed by atoms with Gasteiger partial charge in [-0.3, -0.25) is 0 Å². The van der Waals surface area contributed by atoms with Crippen molar-refractivity contribution in [1.29, 1.82) is 0 Å². The molecule has 9 nitrogen and oxygen atoms in total. The minimum Gasteiger partial charge on any atom is -0.504 e. The third-order valence-corrected chi connectivity index (χ3v) is 4.88. The van der Waals surface area contributed by atoms with Gasteiger partial charge in [0, 0.05) is 0 Å². The van der Waals surface area contributed by atoms with E-state index in [9.17, 15) is 46.0 Å². The van der Waals surface area contributed by atoms with Crippen molar-refractivity contribution in [3.8, 4) is 62.9 Å². The first-order chi connectivity index (χ1) is 10.6. The molecular formula is C13H11IO9. The Bertz CT molecular complexity index is 786. The molecule has 0 saturated heterocycles. The molecule has 23 heavy (non-hydrogen) atoms. The predicted octanol–water partition coefficient (Wildman–Crippen LogP) is 1.28. The van der Waals surface area contributed by atoms with Crippen molar-refractivity contribution < 1.29 is 46.0 Å². The number of aromatic hydroxyl groups is 9. The molecule has 2 rings (SSSR count). The highest BCUT2D eigenvalue weighted by Crippen LogP contribution is 2.61. The van der Waals surface area contributed by atoms with Gasteiger partial charge in [0.25, 0.3) is 0 Å². The lowest BCUT2D eigenvalue weighted by Gasteiger charge is -2.17. The Hall–Kier alpha value is -2.76. The van der Waals surface area contributed by atoms with Crippen molar-refractivity contribution in [2.24, 2.45) is 0 Å². The molecule has 0 bridgehead atoms. The van der Waals surface area contributed by atoms with Gasteiger partial charge in [0.15, 0.2) is 34.5 Å². The number of benzene rings is 2. The maximum atomic E-state index is 9.99. The van der Waals surface area contributed by atoms with Gasteiger partial charge in [-0.1, -0.05) is 25.2 Å². The minimum atomic E-state index is -1.25. The fourth-order valence-corrected chi connectivity index (χ4v) is 3.19. The summed E-state index contributed by atoms with van der Waals surface area (Å²) >= 11 is -1.22. The van der Waals surface area contributed by atoms with Crippen LogP contribution >= 0.6 is 20.7 Å². The van der Waals surface area contributed by atoms with Crippen LogP contribution in [0.2, 0.25) is 0 Å². The van der Waals surface area contributed by atoms with Crippen molar-refractivity contribution in [3.63, 3.8) is 0 Å². The van der Waals surface area contributed by atoms with E-state index in [1.807, 2.05) is 0 Å². The van der Waals surface area contributed by atoms with Gasteiger partial charge in [-0.25, -0.2) is 0 Å². The number of phenolic OH excluding ortho intramolecular Hbond substituents is 9. The fraction of sp³-hybridized carbons (Fsp3) is 0. The van der Waals surface area contributed by atoms with Gasteiger partial charge >= 0.3 is 0 Å². The molecule has 0 saturated carbocycles. The molecular weight excluding hydrogens is 427 g/mol. The molecule has 0 radical (unpaired) electrons. The minimum absolute atomic E-state index is 0.200. The van der Waals surface area contributed by atoms with Crippen LogP contribution in [0, 0.1) is 3.57 Å². The van der Waals surface area contributed by atoms with Crippen LogP contribution in [0.25, 0.3) is 11.1 Å². The molecule has 0 unspecified atom stereocenters. The molecule has 124 valence electrons. The predicted molar refractivity (Wildman–Crippen MR) is 86.7 cm³/mol. The number of hydrogen-bond donors (Lipinski definition) is 9. The van der Waals surface area contributed by atoms with Crippen LogP contribution in [0.3, 0.4) is 0 Å². The Morgan fingerprint density at radius 2 is 0.696 bits per heavy atom. The average molecular weight is 438 g/mol. The monoisotopic (exact) mass is 438 g/mol. The quantitative estimate of drug-likeness (QED) is 0.189. The second-order valence-electron chi connectivity index (χ2n) is 4.34. The highest BCUT2D eigenvalue weighted by molar-refractivity contribution is 14.2. The Kier molecular flexibility index (Phi) is 3.94. The molecule has 2 aromatic rings. The van der Waals surface area contributed by atoms with Crippen LogP contribution < -0.4 is 0 Å². The Morgan fingerprint density at radius 1 is 0.435 bits per heavy atom. The van der Waals surface area contributed by atoms with Gasteiger partial charge < -0.3 is 46.0 Å². The van der Waals surface area contributed by atoms with E-state index in [-0.39, 0.29) is 3.57 Å². The summed E-state index contributed by atoms with van der Waals surface area (Å²) in [6, 6.07) is 0. The van der Waals surface area contributed by atoms with Crippen LogP contribution in [-0.4, -0.2) is 50.5 Å². The summed E-state index contributed by atoms with van der Waals surface area (Å²) in [5.74, 6) is -9.91. The maximum Gasteiger partial charge on any atom is 0.208 e. The molecule has 0 aliphatic carbocycles. The summed E-state index contributed by atoms with van der Waals surface area (Å²) < 4.78 is 3.29. The van der Waals surface area contributed by atoms with Crippen LogP contribution in [0.15, 0.2) is 0 Å². The highest BCUT2D eigenvalue weighted by Gasteiger charge is 2.31. The van der Waals surface area contributed by atoms with Crippen LogP contribution in [0.5, 0.6) is 51.7 Å². The summed E-state index contributed by atoms with van der Waals surface area (Å²) in [5.41, 5.74) is -1.77. The molecule has 0 amide bonds. The van der Waals surface area contributed by atoms with Crippen molar-refractivity contribution in [2.75, 3.05) is 0 Å². The zero-order valence-electron chi connectivity index (χ0n) is 11.1. The smallest absolute Gasteiger partial charge is 0.208 e. The first kappa shape index (κ1) is 16.6. The van der Waals surface area contributed by atoms with E-state index in [0.29, 0.717) is 0 Å². The van der Waals surface area contributed by atoms with Crippen molar-refractivity contribution in [3.05, 3.63) is 3.57 Å². The summed E-state index contributed by atoms with van der Waals surface area (Å²) in [7, 11) is 0. The topological polar surface area (TPSA) is 182 Å². The Balaban J connectivity index is 3.04. The summed E-state index contributed by atoms with van der Waals surface area (Å²) in [4.78, 5) is 0. The van der Waals surface area contributed by atoms with E-state index in [0.717, 1.165) is 0 Å². The summed E-state index contributed by atoms with van der Waals surface area (Å²) in [5, 5.41) is 87.7. The lowest BCUT2D eigenvalue weighted by Crippen LogP contribution is -1.89. The van der Waals surface area contributed by atoms with Crippen LogP contribution in [0.4, 0.5) is 0 Å². The van der Waals surface area contributed by atoms with Gasteiger partial charge in [-0.05, 0) is 0 Å². The zero-order chi connectivity index (χ0) is 17.6. The van der Waals surface area contributed by atoms with E-state index in [4.69, 9.17) is 0 Å². The first-order valence-corrected chi connectivity index (χ1v) is 8.32. The Labute approximate surface area is 137 Å². The largest absolute Gasteiger partial charge is 0.504 e. The molecule has 0 aliphatic rings. The number of rotatable bonds is 2. The van der Waals surface area contributed by atoms with Crippen LogP contribution in [-0.2, 0) is 0 Å². The lowest BCUT2D eigenvalue weighted by molar-refractivity contribution is 0.329. The second kappa shape index (κ2) is 5.46. The van der Waals surface area contributed by atoms with Gasteiger partial charge in [0.2, 0.25) is 17.2 Å². The Morgan fingerprint density at radius 3 is 1.00 bits per heavy atom. The normalized spacial score (nSPS) is 10.8. The maximum absolute atomic E-state index is 9.99. The average Bonchev–Trinajstić information content (AvgIpc) is 2.53. The second-order valence-corrected chi connectivity index (χ2v) is 6.18. The number of phenols is 9. The summed E-state index contributed by atoms with van der Waals surface area (Å²) in [6.45, 7) is 0. The van der Waals surface area contributed by atoms with Crippen LogP contribution in [0.1, 0.15) is 0 Å². The van der Waals surface area contributed by atoms with Crippen molar-refractivity contribution in [2.45, 2.75) is 0 Å². The van der Waals surface area contributed by atoms with E-state index in [2.05, 4.69) is 4.51 Å². The first-order valence-electron chi connectivity index (χ1n) is 5.72. The molecule has 2 aromatic carbocycles. The standard InChI is InChI=1S/C13H11IO9/c1-14-4-9(19)5(15)2(6(16)10(4)20)3-7(17)11(21)13(23)12(22)8(3)18/h15-23H,1H2. The number of halogens is 1. The van der Waals surface area contributed by atoms with Gasteiger partial charge in [-0.15, -0.1) is 0 Å². The lowest BCUT2D eigenvalue weighted by atomic mass is 9.98. The molecule has 9 N–H and O–H groups in total. The highest BCUT2D eigenvalue weighted by atomic mass is 127. The molecule has 10 heteroatoms. The molecule has 0 spiro atoms. The van der Waals surface area contributed by atoms with E-state index in [1.54, 1.807) is 0 Å². The SMILES string of the molecule is C=Ic1c(O)c(O)c(-c2c(O)c(O)c(O)c(O)c2O)c(O)c1O. The van der Waals surface area contributed by atoms with Gasteiger partial charge in [-0.2, -0.15) is 0 Å². The van der Waals surface area contributed by atoms with Crippen molar-refractivity contribution >= 4 is 25.2 Å². The molecule has 0 heterocycles. The fourth-order valence-electron chi connectivity index (χ4n) is 1.95. The molecule has 0 aromatic heterocycles. The molecule has 0 atom stereocenters. The molecule has 0 fully saturated rings. The van der Waals surface area contributed by atoms with E-state index >= 15 is 0 Å². The van der Waals surface area contributed by atoms with Crippen molar-refractivity contribution in [1.82, 2.24) is 0 Å². The summed E-state index contributed by atoms with van der Waals surface area (Å²) in [6.07, 6.45) is 0. The molecule has 0 aliphatic heterocycles. The third-order valence-electron chi connectivity index (χ3n) is 3.09. The van der Waals surface area contributed by atoms with Gasteiger partial charge in [0.05, 0.1) is 14.7 Å². The van der Waals surface area contributed by atoms with Gasteiger partial charge in [0.1, 0.15) is 0 Å². The third kappa shape index (κ3) is 2.18. The number of hydrogen-bond acceptors (Lipinski definition) is 9. The zero-order valence-corrected chi connectivity index (χ0v) is 13.3.